The summed E-state index contributed by atoms with van der Waals surface area (Å²) < 4.78 is 0. The average Bonchev–Trinajstić information content (AvgIpc) is 2.99. The molecule has 0 atom stereocenters. The zero-order valence-corrected chi connectivity index (χ0v) is 16.4. The number of likely N-dealkylation sites (tertiary alicyclic amines) is 1. The number of nitrogens with zero attached hydrogens (tertiary/aromatic N) is 1. The molecule has 0 saturated carbocycles. The van der Waals surface area contributed by atoms with E-state index in [2.05, 4.69) is 29.2 Å². The third kappa shape index (κ3) is 3.05. The molecule has 0 N–H and O–H groups in total. The predicted molar refractivity (Wildman–Crippen MR) is 107 cm³/mol. The summed E-state index contributed by atoms with van der Waals surface area (Å²) in [7, 11) is 0. The highest BCUT2D eigenvalue weighted by molar-refractivity contribution is 6.30. The quantitative estimate of drug-likeness (QED) is 0.729. The number of amides is 1. The van der Waals surface area contributed by atoms with E-state index in [1.54, 1.807) is 0 Å². The van der Waals surface area contributed by atoms with E-state index < -0.39 is 5.41 Å². The van der Waals surface area contributed by atoms with Gasteiger partial charge in [0.1, 0.15) is 0 Å². The lowest BCUT2D eigenvalue weighted by Gasteiger charge is -2.42. The molecule has 1 aliphatic heterocycles. The minimum atomic E-state index is -0.520. The topological polar surface area (TPSA) is 20.3 Å². The Morgan fingerprint density at radius 3 is 2.04 bits per heavy atom. The van der Waals surface area contributed by atoms with Gasteiger partial charge in [-0.1, -0.05) is 48.0 Å². The number of rotatable bonds is 2. The Labute approximate surface area is 161 Å². The minimum absolute atomic E-state index is 0.227. The first-order valence-electron chi connectivity index (χ1n) is 9.52. The van der Waals surface area contributed by atoms with Crippen LogP contribution in [0, 0.1) is 5.41 Å². The van der Waals surface area contributed by atoms with Crippen molar-refractivity contribution in [2.24, 2.45) is 5.41 Å². The molecule has 0 unspecified atom stereocenters. The fourth-order valence-electron chi connectivity index (χ4n) is 4.70. The molecule has 136 valence electrons. The molecule has 1 spiro atoms. The van der Waals surface area contributed by atoms with Gasteiger partial charge < -0.3 is 4.90 Å². The van der Waals surface area contributed by atoms with E-state index in [1.807, 2.05) is 38.1 Å². The van der Waals surface area contributed by atoms with Crippen molar-refractivity contribution in [3.8, 4) is 0 Å². The number of fused-ring (bicyclic) bond motifs is 1. The van der Waals surface area contributed by atoms with Crippen LogP contribution in [-0.2, 0) is 23.1 Å². The van der Waals surface area contributed by atoms with Crippen LogP contribution in [0.3, 0.4) is 0 Å². The van der Waals surface area contributed by atoms with Gasteiger partial charge in [0.05, 0.1) is 5.41 Å². The summed E-state index contributed by atoms with van der Waals surface area (Å²) in [5, 5.41) is 0.706. The Morgan fingerprint density at radius 2 is 1.50 bits per heavy atom. The third-order valence-corrected chi connectivity index (χ3v) is 6.71. The Bertz CT molecular complexity index is 789. The van der Waals surface area contributed by atoms with Gasteiger partial charge in [-0.05, 0) is 73.8 Å². The van der Waals surface area contributed by atoms with E-state index in [4.69, 9.17) is 11.6 Å². The highest BCUT2D eigenvalue weighted by Gasteiger charge is 2.42. The summed E-state index contributed by atoms with van der Waals surface area (Å²) in [4.78, 5) is 15.3. The van der Waals surface area contributed by atoms with Gasteiger partial charge in [0, 0.05) is 18.1 Å². The van der Waals surface area contributed by atoms with Crippen molar-refractivity contribution in [2.45, 2.75) is 44.9 Å². The van der Waals surface area contributed by atoms with Crippen LogP contribution in [-0.4, -0.2) is 23.9 Å². The second-order valence-corrected chi connectivity index (χ2v) is 8.98. The fraction of sp³-hybridized carbons (Fsp3) is 0.435. The molecule has 1 saturated heterocycles. The van der Waals surface area contributed by atoms with Gasteiger partial charge in [0.15, 0.2) is 0 Å². The number of hydrogen-bond donors (Lipinski definition) is 0. The zero-order valence-electron chi connectivity index (χ0n) is 15.6. The van der Waals surface area contributed by atoms with E-state index in [9.17, 15) is 4.79 Å². The van der Waals surface area contributed by atoms with Crippen molar-refractivity contribution in [1.82, 2.24) is 4.90 Å². The normalized spacial score (nSPS) is 18.8. The third-order valence-electron chi connectivity index (χ3n) is 6.46. The Balaban J connectivity index is 1.45. The van der Waals surface area contributed by atoms with Crippen LogP contribution < -0.4 is 0 Å². The summed E-state index contributed by atoms with van der Waals surface area (Å²) in [5.41, 5.74) is 3.89. The zero-order chi connectivity index (χ0) is 18.4. The molecule has 2 nitrogen and oxygen atoms in total. The molecule has 4 rings (SSSR count). The van der Waals surface area contributed by atoms with Gasteiger partial charge in [-0.2, -0.15) is 0 Å². The summed E-state index contributed by atoms with van der Waals surface area (Å²) >= 11 is 6.00. The van der Waals surface area contributed by atoms with E-state index in [0.717, 1.165) is 31.5 Å². The van der Waals surface area contributed by atoms with Gasteiger partial charge in [0.25, 0.3) is 0 Å². The first-order valence-corrected chi connectivity index (χ1v) is 9.90. The molecule has 2 aromatic rings. The van der Waals surface area contributed by atoms with Crippen molar-refractivity contribution in [1.29, 1.82) is 0 Å². The second-order valence-electron chi connectivity index (χ2n) is 8.55. The maximum atomic E-state index is 13.2. The molecule has 26 heavy (non-hydrogen) atoms. The van der Waals surface area contributed by atoms with E-state index in [0.29, 0.717) is 10.4 Å². The van der Waals surface area contributed by atoms with Crippen molar-refractivity contribution < 1.29 is 4.79 Å². The summed E-state index contributed by atoms with van der Waals surface area (Å²) in [6.07, 6.45) is 4.55. The van der Waals surface area contributed by atoms with Gasteiger partial charge >= 0.3 is 0 Å². The summed E-state index contributed by atoms with van der Waals surface area (Å²) in [6, 6.07) is 16.5. The van der Waals surface area contributed by atoms with Crippen LogP contribution in [0.25, 0.3) is 0 Å². The Hall–Kier alpha value is -1.80. The number of carbonyl (C=O) groups is 1. The fourth-order valence-corrected chi connectivity index (χ4v) is 4.82. The predicted octanol–water partition coefficient (Wildman–Crippen LogP) is 5.03. The maximum Gasteiger partial charge on any atom is 0.232 e. The first kappa shape index (κ1) is 17.6. The van der Waals surface area contributed by atoms with Crippen LogP contribution in [0.4, 0.5) is 0 Å². The monoisotopic (exact) mass is 367 g/mol. The van der Waals surface area contributed by atoms with Crippen LogP contribution in [0.15, 0.2) is 48.5 Å². The summed E-state index contributed by atoms with van der Waals surface area (Å²) in [6.45, 7) is 5.77. The lowest BCUT2D eigenvalue weighted by molar-refractivity contribution is -0.138. The molecule has 3 heteroatoms. The van der Waals surface area contributed by atoms with E-state index >= 15 is 0 Å². The minimum Gasteiger partial charge on any atom is -0.342 e. The Morgan fingerprint density at radius 1 is 0.962 bits per heavy atom. The molecule has 0 aromatic heterocycles. The van der Waals surface area contributed by atoms with Crippen molar-refractivity contribution >= 4 is 17.5 Å². The van der Waals surface area contributed by atoms with Gasteiger partial charge in [0.2, 0.25) is 5.91 Å². The molecule has 2 aliphatic rings. The van der Waals surface area contributed by atoms with Crippen molar-refractivity contribution in [3.05, 3.63) is 70.2 Å². The van der Waals surface area contributed by atoms with Gasteiger partial charge in [-0.3, -0.25) is 4.79 Å². The molecule has 1 amide bonds. The first-order chi connectivity index (χ1) is 12.4. The molecular weight excluding hydrogens is 342 g/mol. The van der Waals surface area contributed by atoms with Crippen LogP contribution >= 0.6 is 11.6 Å². The van der Waals surface area contributed by atoms with Gasteiger partial charge in [-0.15, -0.1) is 0 Å². The molecule has 1 aliphatic carbocycles. The van der Waals surface area contributed by atoms with E-state index in [1.165, 1.54) is 24.0 Å². The number of halogens is 1. The Kier molecular flexibility index (Phi) is 4.35. The molecular formula is C23H26ClNO. The average molecular weight is 368 g/mol. The highest BCUT2D eigenvalue weighted by atomic mass is 35.5. The smallest absolute Gasteiger partial charge is 0.232 e. The largest absolute Gasteiger partial charge is 0.342 e. The standard InChI is InChI=1S/C23H26ClNO/c1-22(2,19-7-9-20(24)10-8-19)21(26)25-13-11-23(12-14-25)15-17-5-3-4-6-18(17)16-23/h3-10H,11-16H2,1-2H3. The molecule has 1 fully saturated rings. The molecule has 1 heterocycles. The van der Waals surface area contributed by atoms with Gasteiger partial charge in [-0.25, -0.2) is 0 Å². The van der Waals surface area contributed by atoms with Crippen molar-refractivity contribution in [3.63, 3.8) is 0 Å². The molecule has 0 bridgehead atoms. The SMILES string of the molecule is CC(C)(C(=O)N1CCC2(CC1)Cc1ccccc1C2)c1ccc(Cl)cc1. The second kappa shape index (κ2) is 6.42. The lowest BCUT2D eigenvalue weighted by Crippen LogP contribution is -2.49. The van der Waals surface area contributed by atoms with Crippen LogP contribution in [0.2, 0.25) is 5.02 Å². The van der Waals surface area contributed by atoms with Crippen LogP contribution in [0.5, 0.6) is 0 Å². The van der Waals surface area contributed by atoms with Crippen molar-refractivity contribution in [2.75, 3.05) is 13.1 Å². The molecule has 0 radical (unpaired) electrons. The highest BCUT2D eigenvalue weighted by Crippen LogP contribution is 2.45. The lowest BCUT2D eigenvalue weighted by atomic mass is 9.75. The number of piperidine rings is 1. The number of benzene rings is 2. The maximum absolute atomic E-state index is 13.2. The van der Waals surface area contributed by atoms with Crippen LogP contribution in [0.1, 0.15) is 43.4 Å². The molecule has 2 aromatic carbocycles. The summed E-state index contributed by atoms with van der Waals surface area (Å²) in [5.74, 6) is 0.227. The number of hydrogen-bond acceptors (Lipinski definition) is 1. The van der Waals surface area contributed by atoms with E-state index in [-0.39, 0.29) is 5.91 Å². The number of carbonyl (C=O) groups excluding carboxylic acids is 1.